The van der Waals surface area contributed by atoms with Gasteiger partial charge >= 0.3 is 11.9 Å². The third-order valence-electron chi connectivity index (χ3n) is 16.7. The number of carbonyl (C=O) groups excluding carboxylic acids is 3. The molecule has 3 N–H and O–H groups in total. The van der Waals surface area contributed by atoms with Gasteiger partial charge in [0, 0.05) is 43.6 Å². The summed E-state index contributed by atoms with van der Waals surface area (Å²) in [6, 6.07) is 5.74. The van der Waals surface area contributed by atoms with Gasteiger partial charge in [0.25, 0.3) is 0 Å². The predicted octanol–water partition coefficient (Wildman–Crippen LogP) is 7.38. The zero-order valence-corrected chi connectivity index (χ0v) is 35.8. The standard InChI is InChI=1S/C46H69N3O7/c1-28(2)38-31(50)23-46(34(51)26-49(27-36(52)47-10)25-29-13-11-12-22-48-29)21-20-44(8)30(39(38)46)14-15-33-43(7)18-17-35(56-37(53)24-41(3,4)40(54)55)42(5,6)32(43)16-19-45(33,44)9/h11-13,22,28,30,32-35,51H,14-21,23-27H2,1-10H3,(H,47,52)(H,54,55). The zero-order valence-electron chi connectivity index (χ0n) is 35.8. The molecule has 9 unspecified atom stereocenters. The van der Waals surface area contributed by atoms with Crippen molar-refractivity contribution in [1.29, 1.82) is 0 Å². The number of fused-ring (bicyclic) bond motifs is 7. The Morgan fingerprint density at radius 2 is 1.70 bits per heavy atom. The van der Waals surface area contributed by atoms with Crippen LogP contribution in [0.5, 0.6) is 0 Å². The lowest BCUT2D eigenvalue weighted by atomic mass is 9.33. The van der Waals surface area contributed by atoms with Gasteiger partial charge in [0.1, 0.15) is 6.10 Å². The Labute approximate surface area is 335 Å². The van der Waals surface area contributed by atoms with Crippen molar-refractivity contribution in [2.24, 2.45) is 56.2 Å². The van der Waals surface area contributed by atoms with E-state index in [4.69, 9.17) is 4.74 Å². The second-order valence-electron chi connectivity index (χ2n) is 20.7. The number of Topliss-reactive ketones (excluding diaryl/α,β-unsaturated/α-hetero) is 1. The Morgan fingerprint density at radius 1 is 0.982 bits per heavy atom. The lowest BCUT2D eigenvalue weighted by Crippen LogP contribution is -2.66. The Kier molecular flexibility index (Phi) is 11.3. The van der Waals surface area contributed by atoms with E-state index in [0.717, 1.165) is 62.6 Å². The molecule has 4 fully saturated rings. The maximum Gasteiger partial charge on any atom is 0.309 e. The molecule has 1 aromatic rings. The smallest absolute Gasteiger partial charge is 0.309 e. The van der Waals surface area contributed by atoms with Crippen molar-refractivity contribution in [2.45, 2.75) is 145 Å². The molecule has 9 atom stereocenters. The van der Waals surface area contributed by atoms with Crippen molar-refractivity contribution in [2.75, 3.05) is 20.1 Å². The fourth-order valence-corrected chi connectivity index (χ4v) is 13.5. The summed E-state index contributed by atoms with van der Waals surface area (Å²) in [4.78, 5) is 58.4. The molecular weight excluding hydrogens is 707 g/mol. The van der Waals surface area contributed by atoms with Gasteiger partial charge in [0.15, 0.2) is 5.78 Å². The highest BCUT2D eigenvalue weighted by Crippen LogP contribution is 2.77. The van der Waals surface area contributed by atoms with Gasteiger partial charge in [0.2, 0.25) is 5.91 Å². The molecule has 0 aromatic carbocycles. The second kappa shape index (κ2) is 14.9. The van der Waals surface area contributed by atoms with Crippen LogP contribution in [-0.4, -0.2) is 76.1 Å². The predicted molar refractivity (Wildman–Crippen MR) is 215 cm³/mol. The number of pyridine rings is 1. The van der Waals surface area contributed by atoms with E-state index >= 15 is 0 Å². The topological polar surface area (TPSA) is 146 Å². The van der Waals surface area contributed by atoms with Crippen molar-refractivity contribution in [3.05, 3.63) is 41.2 Å². The van der Waals surface area contributed by atoms with E-state index in [1.54, 1.807) is 27.1 Å². The first-order chi connectivity index (χ1) is 26.1. The number of carboxylic acids is 1. The van der Waals surface area contributed by atoms with Gasteiger partial charge in [-0.25, -0.2) is 0 Å². The number of nitrogens with one attached hydrogen (secondary N) is 1. The summed E-state index contributed by atoms with van der Waals surface area (Å²) in [7, 11) is 1.63. The average molecular weight is 776 g/mol. The molecule has 0 aliphatic heterocycles. The van der Waals surface area contributed by atoms with E-state index in [1.807, 2.05) is 23.1 Å². The number of aliphatic hydroxyl groups is 1. The van der Waals surface area contributed by atoms with Crippen LogP contribution in [0.25, 0.3) is 0 Å². The molecule has 0 bridgehead atoms. The number of ether oxygens (including phenoxy) is 1. The number of ketones is 1. The van der Waals surface area contributed by atoms with Crippen LogP contribution >= 0.6 is 0 Å². The van der Waals surface area contributed by atoms with Gasteiger partial charge in [-0.2, -0.15) is 0 Å². The van der Waals surface area contributed by atoms with Crippen molar-refractivity contribution < 1.29 is 34.1 Å². The van der Waals surface area contributed by atoms with Crippen LogP contribution in [-0.2, 0) is 30.5 Å². The molecule has 310 valence electrons. The van der Waals surface area contributed by atoms with Crippen molar-refractivity contribution >= 4 is 23.6 Å². The molecule has 0 saturated heterocycles. The van der Waals surface area contributed by atoms with Crippen LogP contribution in [0.1, 0.15) is 132 Å². The number of aromatic nitrogens is 1. The van der Waals surface area contributed by atoms with E-state index in [2.05, 4.69) is 58.8 Å². The van der Waals surface area contributed by atoms with Gasteiger partial charge in [-0.15, -0.1) is 0 Å². The summed E-state index contributed by atoms with van der Waals surface area (Å²) in [5.41, 5.74) is 0.769. The molecule has 1 amide bonds. The van der Waals surface area contributed by atoms with E-state index in [1.165, 1.54) is 5.57 Å². The largest absolute Gasteiger partial charge is 0.481 e. The minimum absolute atomic E-state index is 0.00562. The molecule has 0 spiro atoms. The van der Waals surface area contributed by atoms with Gasteiger partial charge in [-0.1, -0.05) is 60.1 Å². The number of amides is 1. The SMILES string of the molecule is CNC(=O)CN(Cc1ccccn1)CC(O)C12CCC3(C)C(CCC4C5(C)CCC(OC(=O)CC(C)(C)C(=O)O)C(C)(C)C5CCC43C)C1=C(C(C)C)C(=O)C2. The number of rotatable bonds is 12. The molecule has 1 heterocycles. The van der Waals surface area contributed by atoms with Gasteiger partial charge < -0.3 is 20.3 Å². The third kappa shape index (κ3) is 6.86. The molecule has 56 heavy (non-hydrogen) atoms. The number of aliphatic carboxylic acids is 1. The van der Waals surface area contributed by atoms with Crippen LogP contribution in [0.15, 0.2) is 35.5 Å². The number of carbonyl (C=O) groups is 4. The van der Waals surface area contributed by atoms with E-state index in [9.17, 15) is 29.4 Å². The van der Waals surface area contributed by atoms with Crippen molar-refractivity contribution in [3.63, 3.8) is 0 Å². The summed E-state index contributed by atoms with van der Waals surface area (Å²) >= 11 is 0. The van der Waals surface area contributed by atoms with Crippen LogP contribution in [0.2, 0.25) is 0 Å². The molecule has 1 aromatic heterocycles. The van der Waals surface area contributed by atoms with Crippen LogP contribution in [0, 0.1) is 56.2 Å². The second-order valence-corrected chi connectivity index (χ2v) is 20.7. The molecular formula is C46H69N3O7. The van der Waals surface area contributed by atoms with Gasteiger partial charge in [-0.3, -0.25) is 29.1 Å². The molecule has 6 rings (SSSR count). The number of likely N-dealkylation sites (N-methyl/N-ethyl adjacent to an activating group) is 1. The Bertz CT molecular complexity index is 1740. The van der Waals surface area contributed by atoms with Crippen LogP contribution in [0.4, 0.5) is 0 Å². The normalized spacial score (nSPS) is 35.6. The fraction of sp³-hybridized carbons (Fsp3) is 0.761. The average Bonchev–Trinajstić information content (AvgIpc) is 3.43. The molecule has 10 nitrogen and oxygen atoms in total. The first-order valence-electron chi connectivity index (χ1n) is 21.3. The molecule has 5 aliphatic carbocycles. The number of hydrogen-bond acceptors (Lipinski definition) is 8. The van der Waals surface area contributed by atoms with E-state index < -0.39 is 28.9 Å². The summed E-state index contributed by atoms with van der Waals surface area (Å²) < 4.78 is 6.17. The summed E-state index contributed by atoms with van der Waals surface area (Å²) in [5.74, 6) is -0.408. The third-order valence-corrected chi connectivity index (χ3v) is 16.7. The number of esters is 1. The van der Waals surface area contributed by atoms with Crippen molar-refractivity contribution in [1.82, 2.24) is 15.2 Å². The monoisotopic (exact) mass is 776 g/mol. The number of carboxylic acid groups (broad SMARTS) is 1. The Hall–Kier alpha value is -3.11. The zero-order chi connectivity index (χ0) is 41.2. The molecule has 5 aliphatic rings. The first kappa shape index (κ1) is 42.5. The maximum absolute atomic E-state index is 14.2. The van der Waals surface area contributed by atoms with Crippen LogP contribution in [0.3, 0.4) is 0 Å². The Balaban J connectivity index is 1.29. The van der Waals surface area contributed by atoms with Gasteiger partial charge in [-0.05, 0) is 123 Å². The number of hydrogen-bond donors (Lipinski definition) is 3. The summed E-state index contributed by atoms with van der Waals surface area (Å²) in [6.45, 7) is 20.3. The highest BCUT2D eigenvalue weighted by molar-refractivity contribution is 6.00. The highest BCUT2D eigenvalue weighted by atomic mass is 16.5. The molecule has 0 radical (unpaired) electrons. The summed E-state index contributed by atoms with van der Waals surface area (Å²) in [5, 5.41) is 24.9. The summed E-state index contributed by atoms with van der Waals surface area (Å²) in [6.07, 6.45) is 8.22. The lowest BCUT2D eigenvalue weighted by molar-refractivity contribution is -0.235. The first-order valence-corrected chi connectivity index (χ1v) is 21.3. The molecule has 10 heteroatoms. The Morgan fingerprint density at radius 3 is 2.32 bits per heavy atom. The van der Waals surface area contributed by atoms with Gasteiger partial charge in [0.05, 0.1) is 30.2 Å². The number of nitrogens with zero attached hydrogens (tertiary/aromatic N) is 2. The number of allylic oxidation sites excluding steroid dienone is 1. The lowest BCUT2D eigenvalue weighted by Gasteiger charge is -2.72. The van der Waals surface area contributed by atoms with Crippen LogP contribution < -0.4 is 5.32 Å². The van der Waals surface area contributed by atoms with E-state index in [0.29, 0.717) is 24.8 Å². The van der Waals surface area contributed by atoms with E-state index in [-0.39, 0.29) is 70.8 Å². The fourth-order valence-electron chi connectivity index (χ4n) is 13.5. The highest BCUT2D eigenvalue weighted by Gasteiger charge is 2.71. The molecule has 4 saturated carbocycles. The minimum atomic E-state index is -1.18. The quantitative estimate of drug-likeness (QED) is 0.185. The maximum atomic E-state index is 14.2. The van der Waals surface area contributed by atoms with Crippen molar-refractivity contribution in [3.8, 4) is 0 Å². The number of aliphatic hydroxyl groups excluding tert-OH is 1. The minimum Gasteiger partial charge on any atom is -0.481 e.